The second kappa shape index (κ2) is 6.45. The Bertz CT molecular complexity index is 679. The number of imidazole rings is 1. The lowest BCUT2D eigenvalue weighted by Crippen LogP contribution is -2.19. The molecule has 0 saturated carbocycles. The van der Waals surface area contributed by atoms with Crippen LogP contribution in [0.4, 0.5) is 5.69 Å². The summed E-state index contributed by atoms with van der Waals surface area (Å²) in [7, 11) is 3.86. The van der Waals surface area contributed by atoms with E-state index in [4.69, 9.17) is 16.7 Å². The maximum atomic E-state index is 10.7. The van der Waals surface area contributed by atoms with Crippen molar-refractivity contribution < 1.29 is 9.90 Å². The average Bonchev–Trinajstić information content (AvgIpc) is 2.82. The second-order valence-electron chi connectivity index (χ2n) is 4.69. The van der Waals surface area contributed by atoms with Crippen LogP contribution in [0.25, 0.3) is 6.08 Å². The van der Waals surface area contributed by atoms with Gasteiger partial charge in [-0.3, -0.25) is 0 Å². The minimum atomic E-state index is -0.993. The number of anilines is 1. The van der Waals surface area contributed by atoms with Crippen molar-refractivity contribution >= 4 is 29.3 Å². The molecule has 0 saturated heterocycles. The largest absolute Gasteiger partial charge is 0.478 e. The smallest absolute Gasteiger partial charge is 0.328 e. The molecule has 0 aliphatic rings. The van der Waals surface area contributed by atoms with Crippen LogP contribution in [-0.2, 0) is 18.4 Å². The van der Waals surface area contributed by atoms with Gasteiger partial charge in [-0.1, -0.05) is 11.6 Å². The van der Waals surface area contributed by atoms with Gasteiger partial charge in [0.05, 0.1) is 6.54 Å². The molecule has 0 unspecified atom stereocenters. The third-order valence-electron chi connectivity index (χ3n) is 3.11. The van der Waals surface area contributed by atoms with Gasteiger partial charge in [0.2, 0.25) is 0 Å². The molecule has 1 aromatic carbocycles. The van der Waals surface area contributed by atoms with E-state index in [0.717, 1.165) is 23.2 Å². The highest BCUT2D eigenvalue weighted by Gasteiger charge is 2.09. The molecule has 0 radical (unpaired) electrons. The molecule has 110 valence electrons. The average molecular weight is 306 g/mol. The monoisotopic (exact) mass is 305 g/mol. The maximum absolute atomic E-state index is 10.7. The molecule has 0 atom stereocenters. The topological polar surface area (TPSA) is 58.4 Å². The van der Waals surface area contributed by atoms with Crippen LogP contribution in [0.2, 0.25) is 5.02 Å². The van der Waals surface area contributed by atoms with E-state index < -0.39 is 5.97 Å². The fraction of sp³-hybridized carbons (Fsp3) is 0.200. The molecule has 0 aliphatic carbocycles. The number of halogens is 1. The number of rotatable bonds is 5. The quantitative estimate of drug-likeness (QED) is 0.863. The Morgan fingerprint density at radius 1 is 1.52 bits per heavy atom. The van der Waals surface area contributed by atoms with Crippen LogP contribution in [0, 0.1) is 0 Å². The zero-order valence-electron chi connectivity index (χ0n) is 11.8. The molecular formula is C15H16ClN3O2. The van der Waals surface area contributed by atoms with Crippen molar-refractivity contribution in [1.29, 1.82) is 0 Å². The van der Waals surface area contributed by atoms with Gasteiger partial charge < -0.3 is 14.6 Å². The van der Waals surface area contributed by atoms with Gasteiger partial charge >= 0.3 is 5.97 Å². The molecular weight excluding hydrogens is 290 g/mol. The molecule has 0 spiro atoms. The highest BCUT2D eigenvalue weighted by atomic mass is 35.5. The molecule has 1 N–H and O–H groups in total. The number of hydrogen-bond acceptors (Lipinski definition) is 3. The summed E-state index contributed by atoms with van der Waals surface area (Å²) in [5.41, 5.74) is 1.64. The highest BCUT2D eigenvalue weighted by Crippen LogP contribution is 2.25. The number of aliphatic carboxylic acids is 1. The number of aryl methyl sites for hydroxylation is 1. The lowest BCUT2D eigenvalue weighted by Gasteiger charge is -2.21. The van der Waals surface area contributed by atoms with Crippen molar-refractivity contribution in [3.05, 3.63) is 53.1 Å². The SMILES string of the molecule is CN(Cc1nccn1C)c1ccc(Cl)cc1/C=C/C(=O)O. The first-order valence-electron chi connectivity index (χ1n) is 6.35. The van der Waals surface area contributed by atoms with Crippen molar-refractivity contribution in [3.8, 4) is 0 Å². The zero-order chi connectivity index (χ0) is 15.4. The molecule has 1 heterocycles. The lowest BCUT2D eigenvalue weighted by atomic mass is 10.1. The first kappa shape index (κ1) is 15.1. The summed E-state index contributed by atoms with van der Waals surface area (Å²) in [5, 5.41) is 9.33. The highest BCUT2D eigenvalue weighted by molar-refractivity contribution is 6.30. The van der Waals surface area contributed by atoms with E-state index in [2.05, 4.69) is 4.98 Å². The first-order chi connectivity index (χ1) is 9.97. The predicted octanol–water partition coefficient (Wildman–Crippen LogP) is 2.81. The molecule has 1 aromatic heterocycles. The molecule has 2 rings (SSSR count). The van der Waals surface area contributed by atoms with E-state index in [1.807, 2.05) is 35.8 Å². The number of hydrogen-bond donors (Lipinski definition) is 1. The summed E-state index contributed by atoms with van der Waals surface area (Å²) in [6.07, 6.45) is 6.27. The van der Waals surface area contributed by atoms with E-state index in [-0.39, 0.29) is 0 Å². The lowest BCUT2D eigenvalue weighted by molar-refractivity contribution is -0.131. The summed E-state index contributed by atoms with van der Waals surface area (Å²) in [5.74, 6) is -0.0757. The van der Waals surface area contributed by atoms with Gasteiger partial charge in [-0.15, -0.1) is 0 Å². The van der Waals surface area contributed by atoms with Gasteiger partial charge in [-0.2, -0.15) is 0 Å². The Morgan fingerprint density at radius 2 is 2.29 bits per heavy atom. The van der Waals surface area contributed by atoms with Crippen molar-refractivity contribution in [2.45, 2.75) is 6.54 Å². The Morgan fingerprint density at radius 3 is 2.90 bits per heavy atom. The van der Waals surface area contributed by atoms with Gasteiger partial charge in [-0.25, -0.2) is 9.78 Å². The molecule has 5 nitrogen and oxygen atoms in total. The maximum Gasteiger partial charge on any atom is 0.328 e. The number of carboxylic acid groups (broad SMARTS) is 1. The molecule has 0 aliphatic heterocycles. The molecule has 6 heteroatoms. The Labute approximate surface area is 128 Å². The van der Waals surface area contributed by atoms with E-state index in [1.54, 1.807) is 24.4 Å². The fourth-order valence-electron chi connectivity index (χ4n) is 2.01. The van der Waals surface area contributed by atoms with Crippen LogP contribution in [0.15, 0.2) is 36.7 Å². The molecule has 0 fully saturated rings. The third-order valence-corrected chi connectivity index (χ3v) is 3.34. The summed E-state index contributed by atoms with van der Waals surface area (Å²) in [6.45, 7) is 0.610. The number of carboxylic acids is 1. The van der Waals surface area contributed by atoms with Crippen LogP contribution in [0.3, 0.4) is 0 Å². The molecule has 0 bridgehead atoms. The van der Waals surface area contributed by atoms with Crippen LogP contribution < -0.4 is 4.90 Å². The van der Waals surface area contributed by atoms with Crippen LogP contribution in [0.5, 0.6) is 0 Å². The number of benzene rings is 1. The van der Waals surface area contributed by atoms with E-state index >= 15 is 0 Å². The Balaban J connectivity index is 2.29. The van der Waals surface area contributed by atoms with Gasteiger partial charge in [0.1, 0.15) is 5.82 Å². The van der Waals surface area contributed by atoms with E-state index in [1.165, 1.54) is 0 Å². The van der Waals surface area contributed by atoms with Crippen molar-refractivity contribution in [3.63, 3.8) is 0 Å². The van der Waals surface area contributed by atoms with Crippen molar-refractivity contribution in [2.24, 2.45) is 7.05 Å². The fourth-order valence-corrected chi connectivity index (χ4v) is 2.19. The Hall–Kier alpha value is -2.27. The van der Waals surface area contributed by atoms with E-state index in [9.17, 15) is 4.79 Å². The van der Waals surface area contributed by atoms with Gasteiger partial charge in [-0.05, 0) is 29.8 Å². The Kier molecular flexibility index (Phi) is 4.65. The summed E-state index contributed by atoms with van der Waals surface area (Å²) in [4.78, 5) is 17.0. The van der Waals surface area contributed by atoms with Crippen molar-refractivity contribution in [1.82, 2.24) is 9.55 Å². The molecule has 21 heavy (non-hydrogen) atoms. The third kappa shape index (κ3) is 3.86. The van der Waals surface area contributed by atoms with Gasteiger partial charge in [0, 0.05) is 43.3 Å². The predicted molar refractivity (Wildman–Crippen MR) is 83.4 cm³/mol. The summed E-state index contributed by atoms with van der Waals surface area (Å²) < 4.78 is 1.94. The van der Waals surface area contributed by atoms with Crippen LogP contribution in [0.1, 0.15) is 11.4 Å². The summed E-state index contributed by atoms with van der Waals surface area (Å²) >= 11 is 5.99. The minimum Gasteiger partial charge on any atom is -0.478 e. The number of carbonyl (C=O) groups is 1. The second-order valence-corrected chi connectivity index (χ2v) is 5.12. The van der Waals surface area contributed by atoms with Crippen LogP contribution in [-0.4, -0.2) is 27.7 Å². The molecule has 2 aromatic rings. The number of nitrogens with zero attached hydrogens (tertiary/aromatic N) is 3. The minimum absolute atomic E-state index is 0.564. The standard InChI is InChI=1S/C15H16ClN3O2/c1-18-8-7-17-14(18)10-19(2)13-5-4-12(16)9-11(13)3-6-15(20)21/h3-9H,10H2,1-2H3,(H,20,21)/b6-3+. The summed E-state index contributed by atoms with van der Waals surface area (Å²) in [6, 6.07) is 5.39. The van der Waals surface area contributed by atoms with Gasteiger partial charge in [0.15, 0.2) is 0 Å². The van der Waals surface area contributed by atoms with Crippen molar-refractivity contribution in [2.75, 3.05) is 11.9 Å². The zero-order valence-corrected chi connectivity index (χ0v) is 12.6. The van der Waals surface area contributed by atoms with Crippen LogP contribution >= 0.6 is 11.6 Å². The first-order valence-corrected chi connectivity index (χ1v) is 6.73. The normalized spacial score (nSPS) is 11.0. The van der Waals surface area contributed by atoms with E-state index in [0.29, 0.717) is 11.6 Å². The number of aromatic nitrogens is 2. The molecule has 0 amide bonds. The van der Waals surface area contributed by atoms with Gasteiger partial charge in [0.25, 0.3) is 0 Å².